The predicted molar refractivity (Wildman–Crippen MR) is 62.5 cm³/mol. The van der Waals surface area contributed by atoms with Gasteiger partial charge in [-0.25, -0.2) is 4.79 Å². The normalized spacial score (nSPS) is 11.7. The Labute approximate surface area is 94.1 Å². The summed E-state index contributed by atoms with van der Waals surface area (Å²) < 4.78 is 0. The van der Waals surface area contributed by atoms with Crippen LogP contribution in [-0.4, -0.2) is 16.6 Å². The largest absolute Gasteiger partial charge is 0.478 e. The van der Waals surface area contributed by atoms with Crippen LogP contribution in [-0.2, 0) is 6.54 Å². The molecular weight excluding hydrogens is 210 g/mol. The summed E-state index contributed by atoms with van der Waals surface area (Å²) in [5.74, 6) is -0.854. The molecule has 0 bridgehead atoms. The summed E-state index contributed by atoms with van der Waals surface area (Å²) in [6.07, 6.45) is 1.05. The zero-order valence-corrected chi connectivity index (χ0v) is 10.1. The van der Waals surface area contributed by atoms with Crippen molar-refractivity contribution in [2.75, 3.05) is 0 Å². The van der Waals surface area contributed by atoms with Crippen LogP contribution in [0.5, 0.6) is 0 Å². The van der Waals surface area contributed by atoms with Crippen molar-refractivity contribution in [3.05, 3.63) is 21.9 Å². The number of nitrogens with one attached hydrogen (secondary N) is 1. The molecule has 0 unspecified atom stereocenters. The van der Waals surface area contributed by atoms with E-state index in [0.717, 1.165) is 17.8 Å². The first-order chi connectivity index (χ1) is 6.94. The molecule has 15 heavy (non-hydrogen) atoms. The molecule has 3 nitrogen and oxygen atoms in total. The van der Waals surface area contributed by atoms with Gasteiger partial charge < -0.3 is 10.4 Å². The van der Waals surface area contributed by atoms with Gasteiger partial charge in [-0.05, 0) is 26.3 Å². The molecule has 0 radical (unpaired) electrons. The zero-order chi connectivity index (χ0) is 11.5. The molecule has 0 aromatic carbocycles. The molecule has 0 aliphatic carbocycles. The van der Waals surface area contributed by atoms with Gasteiger partial charge in [0.05, 0.1) is 5.56 Å². The fourth-order valence-corrected chi connectivity index (χ4v) is 1.83. The Balaban J connectivity index is 2.55. The van der Waals surface area contributed by atoms with Gasteiger partial charge in [0.15, 0.2) is 0 Å². The molecule has 0 amide bonds. The van der Waals surface area contributed by atoms with Gasteiger partial charge in [0.2, 0.25) is 0 Å². The molecule has 0 atom stereocenters. The average Bonchev–Trinajstić information content (AvgIpc) is 2.63. The number of aromatic carboxylic acids is 1. The lowest BCUT2D eigenvalue weighted by Gasteiger charge is -2.24. The van der Waals surface area contributed by atoms with Crippen LogP contribution < -0.4 is 5.32 Å². The van der Waals surface area contributed by atoms with Crippen molar-refractivity contribution in [1.82, 2.24) is 5.32 Å². The summed E-state index contributed by atoms with van der Waals surface area (Å²) in [5.41, 5.74) is 0.485. The number of hydrogen-bond acceptors (Lipinski definition) is 3. The van der Waals surface area contributed by atoms with E-state index in [1.807, 2.05) is 0 Å². The Kier molecular flexibility index (Phi) is 3.88. The lowest BCUT2D eigenvalue weighted by molar-refractivity contribution is 0.0697. The molecular formula is C11H17NO2S. The predicted octanol–water partition coefficient (Wildman–Crippen LogP) is 2.72. The maximum atomic E-state index is 10.7. The summed E-state index contributed by atoms with van der Waals surface area (Å²) in [5, 5.41) is 13.8. The van der Waals surface area contributed by atoms with Crippen molar-refractivity contribution in [2.45, 2.75) is 39.3 Å². The van der Waals surface area contributed by atoms with Crippen molar-refractivity contribution in [1.29, 1.82) is 0 Å². The second kappa shape index (κ2) is 4.77. The third-order valence-electron chi connectivity index (χ3n) is 2.53. The second-order valence-electron chi connectivity index (χ2n) is 4.20. The first-order valence-corrected chi connectivity index (χ1v) is 5.88. The fourth-order valence-electron chi connectivity index (χ4n) is 1.04. The molecule has 0 fully saturated rings. The van der Waals surface area contributed by atoms with Gasteiger partial charge in [-0.15, -0.1) is 11.3 Å². The molecule has 1 rings (SSSR count). The zero-order valence-electron chi connectivity index (χ0n) is 9.33. The van der Waals surface area contributed by atoms with Crippen molar-refractivity contribution < 1.29 is 9.90 Å². The Morgan fingerprint density at radius 3 is 2.73 bits per heavy atom. The number of carboxylic acid groups (broad SMARTS) is 1. The molecule has 0 saturated carbocycles. The number of carbonyl (C=O) groups is 1. The van der Waals surface area contributed by atoms with E-state index in [-0.39, 0.29) is 5.54 Å². The smallest absolute Gasteiger partial charge is 0.336 e. The van der Waals surface area contributed by atoms with Crippen molar-refractivity contribution >= 4 is 17.3 Å². The van der Waals surface area contributed by atoms with Crippen LogP contribution in [0.1, 0.15) is 42.4 Å². The second-order valence-corrected chi connectivity index (χ2v) is 5.19. The molecule has 4 heteroatoms. The minimum absolute atomic E-state index is 0.105. The molecule has 1 aromatic heterocycles. The summed E-state index contributed by atoms with van der Waals surface area (Å²) in [6, 6.07) is 1.73. The monoisotopic (exact) mass is 227 g/mol. The molecule has 84 valence electrons. The minimum Gasteiger partial charge on any atom is -0.478 e. The van der Waals surface area contributed by atoms with Gasteiger partial charge in [-0.2, -0.15) is 0 Å². The minimum atomic E-state index is -0.854. The van der Waals surface area contributed by atoms with Crippen molar-refractivity contribution in [2.24, 2.45) is 0 Å². The van der Waals surface area contributed by atoms with Gasteiger partial charge in [0.1, 0.15) is 0 Å². The van der Waals surface area contributed by atoms with E-state index < -0.39 is 5.97 Å². The highest BCUT2D eigenvalue weighted by atomic mass is 32.1. The maximum Gasteiger partial charge on any atom is 0.336 e. The van der Waals surface area contributed by atoms with E-state index in [4.69, 9.17) is 5.11 Å². The topological polar surface area (TPSA) is 49.3 Å². The molecule has 0 aliphatic rings. The summed E-state index contributed by atoms with van der Waals surface area (Å²) in [7, 11) is 0. The Hall–Kier alpha value is -0.870. The van der Waals surface area contributed by atoms with Crippen LogP contribution >= 0.6 is 11.3 Å². The average molecular weight is 227 g/mol. The fraction of sp³-hybridized carbons (Fsp3) is 0.545. The van der Waals surface area contributed by atoms with Crippen LogP contribution in [0.3, 0.4) is 0 Å². The third-order valence-corrected chi connectivity index (χ3v) is 3.46. The number of carboxylic acids is 1. The van der Waals surface area contributed by atoms with Gasteiger partial charge in [-0.3, -0.25) is 0 Å². The van der Waals surface area contributed by atoms with Crippen LogP contribution in [0.15, 0.2) is 11.4 Å². The Morgan fingerprint density at radius 2 is 2.27 bits per heavy atom. The molecule has 1 heterocycles. The highest BCUT2D eigenvalue weighted by Gasteiger charge is 2.14. The van der Waals surface area contributed by atoms with Crippen molar-refractivity contribution in [3.63, 3.8) is 0 Å². The standard InChI is InChI=1S/C11H17NO2S/c1-4-11(2,3)12-6-9-5-8(7-15-9)10(13)14/h5,7,12H,4,6H2,1-3H3,(H,13,14). The third kappa shape index (κ3) is 3.64. The first kappa shape index (κ1) is 12.2. The number of hydrogen-bond donors (Lipinski definition) is 2. The number of rotatable bonds is 5. The van der Waals surface area contributed by atoms with Crippen LogP contribution in [0.25, 0.3) is 0 Å². The lowest BCUT2D eigenvalue weighted by atomic mass is 10.0. The first-order valence-electron chi connectivity index (χ1n) is 5.00. The van der Waals surface area contributed by atoms with E-state index in [2.05, 4.69) is 26.1 Å². The maximum absolute atomic E-state index is 10.7. The van der Waals surface area contributed by atoms with Gasteiger partial charge in [-0.1, -0.05) is 6.92 Å². The van der Waals surface area contributed by atoms with E-state index >= 15 is 0 Å². The lowest BCUT2D eigenvalue weighted by Crippen LogP contribution is -2.37. The van der Waals surface area contributed by atoms with Crippen LogP contribution in [0, 0.1) is 0 Å². The van der Waals surface area contributed by atoms with Crippen LogP contribution in [0.4, 0.5) is 0 Å². The van der Waals surface area contributed by atoms with E-state index in [1.54, 1.807) is 11.4 Å². The van der Waals surface area contributed by atoms with E-state index in [0.29, 0.717) is 5.56 Å². The Morgan fingerprint density at radius 1 is 1.60 bits per heavy atom. The van der Waals surface area contributed by atoms with Gasteiger partial charge in [0.25, 0.3) is 0 Å². The molecule has 0 aliphatic heterocycles. The summed E-state index contributed by atoms with van der Waals surface area (Å²) in [6.45, 7) is 7.14. The highest BCUT2D eigenvalue weighted by molar-refractivity contribution is 7.10. The quantitative estimate of drug-likeness (QED) is 0.813. The Bertz CT molecular complexity index is 344. The van der Waals surface area contributed by atoms with Gasteiger partial charge >= 0.3 is 5.97 Å². The molecule has 0 saturated heterocycles. The number of thiophene rings is 1. The van der Waals surface area contributed by atoms with Crippen molar-refractivity contribution in [3.8, 4) is 0 Å². The molecule has 0 spiro atoms. The highest BCUT2D eigenvalue weighted by Crippen LogP contribution is 2.16. The molecule has 2 N–H and O–H groups in total. The summed E-state index contributed by atoms with van der Waals surface area (Å²) in [4.78, 5) is 11.7. The van der Waals surface area contributed by atoms with Gasteiger partial charge in [0, 0.05) is 22.3 Å². The van der Waals surface area contributed by atoms with Crippen LogP contribution in [0.2, 0.25) is 0 Å². The molecule has 1 aromatic rings. The SMILES string of the molecule is CCC(C)(C)NCc1cc(C(=O)O)cs1. The van der Waals surface area contributed by atoms with E-state index in [1.165, 1.54) is 11.3 Å². The summed E-state index contributed by atoms with van der Waals surface area (Å²) >= 11 is 1.49. The van der Waals surface area contributed by atoms with E-state index in [9.17, 15) is 4.79 Å².